The van der Waals surface area contributed by atoms with E-state index in [1.807, 2.05) is 24.3 Å². The highest BCUT2D eigenvalue weighted by atomic mass is 35.5. The van der Waals surface area contributed by atoms with Gasteiger partial charge in [0, 0.05) is 12.0 Å². The summed E-state index contributed by atoms with van der Waals surface area (Å²) in [6, 6.07) is 7.60. The fraction of sp³-hybridized carbons (Fsp3) is 0.167. The Morgan fingerprint density at radius 1 is 1.00 bits per heavy atom. The third-order valence-corrected chi connectivity index (χ3v) is 3.21. The number of aromatic nitrogens is 2. The Kier molecular flexibility index (Phi) is 4.27. The molecule has 2 aromatic rings. The summed E-state index contributed by atoms with van der Waals surface area (Å²) < 4.78 is 5.09. The molecule has 3 nitrogen and oxygen atoms in total. The van der Waals surface area contributed by atoms with Crippen LogP contribution in [-0.2, 0) is 6.42 Å². The molecule has 0 N–H and O–H groups in total. The Balaban J connectivity index is 2.28. The first-order valence-corrected chi connectivity index (χ1v) is 6.24. The van der Waals surface area contributed by atoms with Gasteiger partial charge in [-0.25, -0.2) is 9.97 Å². The molecule has 0 bridgehead atoms. The van der Waals surface area contributed by atoms with E-state index in [-0.39, 0.29) is 15.6 Å². The average molecular weight is 304 g/mol. The van der Waals surface area contributed by atoms with Gasteiger partial charge in [-0.3, -0.25) is 0 Å². The summed E-state index contributed by atoms with van der Waals surface area (Å²) in [5, 5.41) is 0.593. The minimum absolute atomic E-state index is 0.0449. The number of methoxy groups -OCH3 is 1. The first kappa shape index (κ1) is 13.4. The van der Waals surface area contributed by atoms with Crippen LogP contribution in [0.15, 0.2) is 24.3 Å². The predicted molar refractivity (Wildman–Crippen MR) is 72.9 cm³/mol. The second kappa shape index (κ2) is 5.74. The first-order chi connectivity index (χ1) is 8.60. The molecule has 1 heterocycles. The van der Waals surface area contributed by atoms with E-state index in [9.17, 15) is 0 Å². The van der Waals surface area contributed by atoms with Crippen LogP contribution in [0.25, 0.3) is 0 Å². The number of hydrogen-bond acceptors (Lipinski definition) is 3. The Hall–Kier alpha value is -1.03. The summed E-state index contributed by atoms with van der Waals surface area (Å²) in [6.45, 7) is 0. The van der Waals surface area contributed by atoms with Crippen LogP contribution in [-0.4, -0.2) is 17.1 Å². The molecule has 0 spiro atoms. The summed E-state index contributed by atoms with van der Waals surface area (Å²) in [4.78, 5) is 7.75. The lowest BCUT2D eigenvalue weighted by molar-refractivity contribution is 0.414. The SMILES string of the molecule is COc1ccc(Cc2c(Cl)nc(Cl)nc2Cl)cc1. The molecule has 6 heteroatoms. The fourth-order valence-electron chi connectivity index (χ4n) is 1.50. The molecule has 0 radical (unpaired) electrons. The van der Waals surface area contributed by atoms with Gasteiger partial charge < -0.3 is 4.74 Å². The Morgan fingerprint density at radius 3 is 2.06 bits per heavy atom. The lowest BCUT2D eigenvalue weighted by Crippen LogP contribution is -1.96. The van der Waals surface area contributed by atoms with Crippen LogP contribution in [0.4, 0.5) is 0 Å². The Labute approximate surface area is 120 Å². The van der Waals surface area contributed by atoms with Gasteiger partial charge in [0.1, 0.15) is 16.1 Å². The molecule has 0 aliphatic heterocycles. The molecule has 0 saturated carbocycles. The lowest BCUT2D eigenvalue weighted by atomic mass is 10.1. The maximum absolute atomic E-state index is 6.00. The van der Waals surface area contributed by atoms with Crippen LogP contribution in [0.2, 0.25) is 15.6 Å². The van der Waals surface area contributed by atoms with Gasteiger partial charge in [0.05, 0.1) is 7.11 Å². The molecular weight excluding hydrogens is 295 g/mol. The van der Waals surface area contributed by atoms with Crippen molar-refractivity contribution in [2.45, 2.75) is 6.42 Å². The number of rotatable bonds is 3. The molecule has 1 aromatic carbocycles. The zero-order valence-electron chi connectivity index (χ0n) is 9.45. The molecule has 0 saturated heterocycles. The molecule has 2 rings (SSSR count). The van der Waals surface area contributed by atoms with E-state index < -0.39 is 0 Å². The van der Waals surface area contributed by atoms with Crippen LogP contribution in [0.5, 0.6) is 5.75 Å². The highest BCUT2D eigenvalue weighted by Gasteiger charge is 2.11. The maximum Gasteiger partial charge on any atom is 0.225 e. The van der Waals surface area contributed by atoms with Gasteiger partial charge in [-0.05, 0) is 29.3 Å². The van der Waals surface area contributed by atoms with Crippen molar-refractivity contribution in [3.8, 4) is 5.75 Å². The van der Waals surface area contributed by atoms with Crippen molar-refractivity contribution >= 4 is 34.8 Å². The van der Waals surface area contributed by atoms with Gasteiger partial charge in [-0.15, -0.1) is 0 Å². The predicted octanol–water partition coefficient (Wildman–Crippen LogP) is 4.04. The van der Waals surface area contributed by atoms with Crippen LogP contribution in [0.1, 0.15) is 11.1 Å². The van der Waals surface area contributed by atoms with Crippen LogP contribution in [0.3, 0.4) is 0 Å². The monoisotopic (exact) mass is 302 g/mol. The highest BCUT2D eigenvalue weighted by molar-refractivity contribution is 6.36. The third-order valence-electron chi connectivity index (χ3n) is 2.42. The maximum atomic E-state index is 6.00. The zero-order chi connectivity index (χ0) is 13.1. The van der Waals surface area contributed by atoms with E-state index >= 15 is 0 Å². The zero-order valence-corrected chi connectivity index (χ0v) is 11.7. The molecule has 0 atom stereocenters. The Bertz CT molecular complexity index is 535. The summed E-state index contributed by atoms with van der Waals surface area (Å²) in [6.07, 6.45) is 0.541. The van der Waals surface area contributed by atoms with Crippen molar-refractivity contribution in [2.75, 3.05) is 7.11 Å². The number of ether oxygens (including phenoxy) is 1. The molecule has 0 unspecified atom stereocenters. The van der Waals surface area contributed by atoms with E-state index in [4.69, 9.17) is 39.5 Å². The van der Waals surface area contributed by atoms with Crippen molar-refractivity contribution in [3.63, 3.8) is 0 Å². The van der Waals surface area contributed by atoms with E-state index in [1.54, 1.807) is 7.11 Å². The molecule has 0 aliphatic carbocycles. The second-order valence-corrected chi connectivity index (χ2v) is 4.63. The standard InChI is InChI=1S/C12H9Cl3N2O/c1-18-8-4-2-7(3-5-8)6-9-10(13)16-12(15)17-11(9)14/h2-5H,6H2,1H3. The number of halogens is 3. The van der Waals surface area contributed by atoms with E-state index in [1.165, 1.54) is 0 Å². The summed E-state index contributed by atoms with van der Waals surface area (Å²) in [7, 11) is 1.62. The minimum Gasteiger partial charge on any atom is -0.497 e. The molecular formula is C12H9Cl3N2O. The molecule has 18 heavy (non-hydrogen) atoms. The van der Waals surface area contributed by atoms with E-state index in [2.05, 4.69) is 9.97 Å². The number of hydrogen-bond donors (Lipinski definition) is 0. The third kappa shape index (κ3) is 3.05. The van der Waals surface area contributed by atoms with Crippen molar-refractivity contribution in [3.05, 3.63) is 51.0 Å². The quantitative estimate of drug-likeness (QED) is 0.634. The van der Waals surface area contributed by atoms with Crippen LogP contribution >= 0.6 is 34.8 Å². The summed E-state index contributed by atoms with van der Waals surface area (Å²) in [5.74, 6) is 0.795. The van der Waals surface area contributed by atoms with Crippen molar-refractivity contribution in [2.24, 2.45) is 0 Å². The number of nitrogens with zero attached hydrogens (tertiary/aromatic N) is 2. The summed E-state index contributed by atoms with van der Waals surface area (Å²) >= 11 is 17.7. The molecule has 0 aliphatic rings. The second-order valence-electron chi connectivity index (χ2n) is 3.58. The van der Waals surface area contributed by atoms with Gasteiger partial charge in [-0.1, -0.05) is 35.3 Å². The smallest absolute Gasteiger partial charge is 0.225 e. The largest absolute Gasteiger partial charge is 0.497 e. The number of benzene rings is 1. The van der Waals surface area contributed by atoms with Gasteiger partial charge in [0.2, 0.25) is 5.28 Å². The van der Waals surface area contributed by atoms with Crippen LogP contribution < -0.4 is 4.74 Å². The van der Waals surface area contributed by atoms with Crippen molar-refractivity contribution in [1.82, 2.24) is 9.97 Å². The fourth-order valence-corrected chi connectivity index (χ4v) is 2.28. The topological polar surface area (TPSA) is 35.0 Å². The average Bonchev–Trinajstić information content (AvgIpc) is 2.34. The van der Waals surface area contributed by atoms with Gasteiger partial charge >= 0.3 is 0 Å². The first-order valence-electron chi connectivity index (χ1n) is 5.10. The molecule has 1 aromatic heterocycles. The van der Waals surface area contributed by atoms with E-state index in [0.29, 0.717) is 12.0 Å². The minimum atomic E-state index is 0.0449. The molecule has 0 amide bonds. The van der Waals surface area contributed by atoms with Gasteiger partial charge in [0.15, 0.2) is 0 Å². The van der Waals surface area contributed by atoms with Crippen LogP contribution in [0, 0.1) is 0 Å². The van der Waals surface area contributed by atoms with Crippen molar-refractivity contribution in [1.29, 1.82) is 0 Å². The van der Waals surface area contributed by atoms with E-state index in [0.717, 1.165) is 11.3 Å². The normalized spacial score (nSPS) is 10.4. The van der Waals surface area contributed by atoms with Crippen molar-refractivity contribution < 1.29 is 4.74 Å². The molecule has 94 valence electrons. The summed E-state index contributed by atoms with van der Waals surface area (Å²) in [5.41, 5.74) is 1.69. The Morgan fingerprint density at radius 2 is 1.56 bits per heavy atom. The highest BCUT2D eigenvalue weighted by Crippen LogP contribution is 2.26. The lowest BCUT2D eigenvalue weighted by Gasteiger charge is -2.07. The molecule has 0 fully saturated rings. The van der Waals surface area contributed by atoms with Gasteiger partial charge in [-0.2, -0.15) is 0 Å². The van der Waals surface area contributed by atoms with Gasteiger partial charge in [0.25, 0.3) is 0 Å².